The summed E-state index contributed by atoms with van der Waals surface area (Å²) in [6.45, 7) is 3.50. The summed E-state index contributed by atoms with van der Waals surface area (Å²) in [7, 11) is 0. The molecule has 1 aliphatic rings. The van der Waals surface area contributed by atoms with Crippen LogP contribution in [0.2, 0.25) is 5.02 Å². The second-order valence-corrected chi connectivity index (χ2v) is 6.92. The number of halogens is 1. The first-order valence-corrected chi connectivity index (χ1v) is 9.81. The van der Waals surface area contributed by atoms with Gasteiger partial charge in [0.05, 0.1) is 23.2 Å². The van der Waals surface area contributed by atoms with Gasteiger partial charge < -0.3 is 20.1 Å². The molecular weight excluding hydrogens is 422 g/mol. The first kappa shape index (κ1) is 22.0. The Morgan fingerprint density at radius 3 is 2.65 bits per heavy atom. The molecule has 2 aromatic rings. The van der Waals surface area contributed by atoms with E-state index in [4.69, 9.17) is 21.1 Å². The van der Waals surface area contributed by atoms with E-state index in [9.17, 15) is 14.4 Å². The van der Waals surface area contributed by atoms with Crippen LogP contribution in [0, 0.1) is 0 Å². The van der Waals surface area contributed by atoms with E-state index < -0.39 is 24.0 Å². The van der Waals surface area contributed by atoms with E-state index in [0.29, 0.717) is 11.3 Å². The average Bonchev–Trinajstić information content (AvgIpc) is 2.74. The van der Waals surface area contributed by atoms with E-state index in [1.807, 2.05) is 0 Å². The number of hydrogen-bond acceptors (Lipinski definition) is 6. The maximum Gasteiger partial charge on any atom is 0.338 e. The summed E-state index contributed by atoms with van der Waals surface area (Å²) < 4.78 is 10.4. The Balaban J connectivity index is 1.80. The number of allylic oxidation sites excluding steroid dienone is 1. The zero-order valence-electron chi connectivity index (χ0n) is 16.8. The van der Waals surface area contributed by atoms with E-state index in [-0.39, 0.29) is 23.0 Å². The fraction of sp³-hybridized carbons (Fsp3) is 0.182. The van der Waals surface area contributed by atoms with Crippen LogP contribution in [0.1, 0.15) is 31.0 Å². The van der Waals surface area contributed by atoms with Crippen LogP contribution in [0.5, 0.6) is 5.75 Å². The van der Waals surface area contributed by atoms with Crippen LogP contribution >= 0.6 is 11.6 Å². The van der Waals surface area contributed by atoms with Gasteiger partial charge in [-0.1, -0.05) is 17.7 Å². The number of rotatable bonds is 6. The molecule has 1 atom stereocenters. The lowest BCUT2D eigenvalue weighted by molar-refractivity contribution is -0.139. The topological polar surface area (TPSA) is 107 Å². The lowest BCUT2D eigenvalue weighted by atomic mass is 9.95. The Morgan fingerprint density at radius 2 is 1.97 bits per heavy atom. The Morgan fingerprint density at radius 1 is 1.23 bits per heavy atom. The largest absolute Gasteiger partial charge is 0.463 e. The Bertz CT molecular complexity index is 1070. The van der Waals surface area contributed by atoms with Crippen LogP contribution in [-0.4, -0.2) is 29.6 Å². The molecule has 0 fully saturated rings. The quantitative estimate of drug-likeness (QED) is 0.403. The summed E-state index contributed by atoms with van der Waals surface area (Å²) in [5.74, 6) is -1.01. The van der Waals surface area contributed by atoms with Crippen molar-refractivity contribution in [2.45, 2.75) is 19.9 Å². The Labute approximate surface area is 183 Å². The minimum atomic E-state index is -0.762. The Hall–Kier alpha value is -3.65. The van der Waals surface area contributed by atoms with Gasteiger partial charge in [0.25, 0.3) is 0 Å². The molecule has 1 aromatic heterocycles. The van der Waals surface area contributed by atoms with Gasteiger partial charge in [0, 0.05) is 24.2 Å². The molecule has 1 aromatic carbocycles. The molecule has 2 N–H and O–H groups in total. The van der Waals surface area contributed by atoms with E-state index in [1.165, 1.54) is 18.2 Å². The predicted molar refractivity (Wildman–Crippen MR) is 114 cm³/mol. The van der Waals surface area contributed by atoms with Gasteiger partial charge in [0.15, 0.2) is 0 Å². The van der Waals surface area contributed by atoms with Crippen molar-refractivity contribution in [3.63, 3.8) is 0 Å². The molecule has 160 valence electrons. The summed E-state index contributed by atoms with van der Waals surface area (Å²) in [6, 6.07) is 6.92. The van der Waals surface area contributed by atoms with Gasteiger partial charge in [-0.25, -0.2) is 14.4 Å². The van der Waals surface area contributed by atoms with Crippen molar-refractivity contribution >= 4 is 35.6 Å². The molecule has 3 rings (SSSR count). The molecule has 0 saturated carbocycles. The van der Waals surface area contributed by atoms with Crippen molar-refractivity contribution < 1.29 is 23.9 Å². The number of ether oxygens (including phenoxy) is 2. The first-order valence-electron chi connectivity index (χ1n) is 9.43. The van der Waals surface area contributed by atoms with Gasteiger partial charge in [-0.2, -0.15) is 0 Å². The fourth-order valence-electron chi connectivity index (χ4n) is 2.98. The molecule has 2 amide bonds. The summed E-state index contributed by atoms with van der Waals surface area (Å²) in [6.07, 6.45) is 6.09. The third kappa shape index (κ3) is 5.49. The van der Waals surface area contributed by atoms with Crippen molar-refractivity contribution in [1.82, 2.24) is 15.6 Å². The Kier molecular flexibility index (Phi) is 7.04. The highest BCUT2D eigenvalue weighted by Gasteiger charge is 2.32. The molecule has 31 heavy (non-hydrogen) atoms. The molecule has 9 heteroatoms. The zero-order chi connectivity index (χ0) is 22.4. The number of hydrogen-bond donors (Lipinski definition) is 2. The molecule has 2 heterocycles. The maximum absolute atomic E-state index is 12.4. The maximum atomic E-state index is 12.4. The first-order chi connectivity index (χ1) is 14.9. The van der Waals surface area contributed by atoms with E-state index >= 15 is 0 Å². The lowest BCUT2D eigenvalue weighted by Crippen LogP contribution is -2.45. The number of carbonyl (C=O) groups is 3. The van der Waals surface area contributed by atoms with Crippen LogP contribution < -0.4 is 15.4 Å². The van der Waals surface area contributed by atoms with Crippen LogP contribution in [-0.2, 0) is 14.3 Å². The number of benzene rings is 1. The zero-order valence-corrected chi connectivity index (χ0v) is 17.6. The van der Waals surface area contributed by atoms with Crippen molar-refractivity contribution in [2.24, 2.45) is 0 Å². The van der Waals surface area contributed by atoms with Gasteiger partial charge in [0.1, 0.15) is 5.75 Å². The van der Waals surface area contributed by atoms with Crippen LogP contribution in [0.15, 0.2) is 60.1 Å². The monoisotopic (exact) mass is 441 g/mol. The van der Waals surface area contributed by atoms with Crippen molar-refractivity contribution in [2.75, 3.05) is 6.61 Å². The highest BCUT2D eigenvalue weighted by molar-refractivity contribution is 6.32. The molecule has 0 bridgehead atoms. The van der Waals surface area contributed by atoms with Crippen LogP contribution in [0.25, 0.3) is 6.08 Å². The molecule has 1 unspecified atom stereocenters. The second-order valence-electron chi connectivity index (χ2n) is 6.52. The standard InChI is InChI=1S/C22H20ClN3O5/c1-3-30-21(28)19-13(2)25-22(29)26-20(19)15-5-6-17(16(23)12-15)31-18(27)7-4-14-8-10-24-11-9-14/h4-12,20H,3H2,1-2H3,(H2,25,26,29)/b7-4+. The number of pyridine rings is 1. The van der Waals surface area contributed by atoms with Crippen molar-refractivity contribution in [3.05, 3.63) is 76.2 Å². The molecule has 0 spiro atoms. The van der Waals surface area contributed by atoms with Gasteiger partial charge >= 0.3 is 18.0 Å². The van der Waals surface area contributed by atoms with Crippen LogP contribution in [0.4, 0.5) is 4.79 Å². The number of urea groups is 1. The normalized spacial score (nSPS) is 16.0. The van der Waals surface area contributed by atoms with E-state index in [1.54, 1.807) is 50.5 Å². The van der Waals surface area contributed by atoms with E-state index in [0.717, 1.165) is 5.56 Å². The third-order valence-electron chi connectivity index (χ3n) is 4.38. The number of nitrogens with zero attached hydrogens (tertiary/aromatic N) is 1. The average molecular weight is 442 g/mol. The second kappa shape index (κ2) is 9.90. The minimum absolute atomic E-state index is 0.147. The summed E-state index contributed by atoms with van der Waals surface area (Å²) in [5.41, 5.74) is 1.99. The van der Waals surface area contributed by atoms with Crippen molar-refractivity contribution in [3.8, 4) is 5.75 Å². The summed E-state index contributed by atoms with van der Waals surface area (Å²) >= 11 is 6.30. The molecule has 0 aliphatic carbocycles. The molecular formula is C22H20ClN3O5. The molecule has 8 nitrogen and oxygen atoms in total. The smallest absolute Gasteiger partial charge is 0.338 e. The highest BCUT2D eigenvalue weighted by Crippen LogP contribution is 2.33. The van der Waals surface area contributed by atoms with Crippen LogP contribution in [0.3, 0.4) is 0 Å². The van der Waals surface area contributed by atoms with E-state index in [2.05, 4.69) is 15.6 Å². The third-order valence-corrected chi connectivity index (χ3v) is 4.68. The van der Waals surface area contributed by atoms with Crippen molar-refractivity contribution in [1.29, 1.82) is 0 Å². The molecule has 0 radical (unpaired) electrons. The molecule has 0 saturated heterocycles. The predicted octanol–water partition coefficient (Wildman–Crippen LogP) is 3.54. The number of nitrogens with one attached hydrogen (secondary N) is 2. The molecule has 1 aliphatic heterocycles. The number of aromatic nitrogens is 1. The van der Waals surface area contributed by atoms with Gasteiger partial charge in [-0.3, -0.25) is 4.98 Å². The summed E-state index contributed by atoms with van der Waals surface area (Å²) in [5, 5.41) is 5.40. The van der Waals surface area contributed by atoms with Gasteiger partial charge in [-0.05, 0) is 55.3 Å². The highest BCUT2D eigenvalue weighted by atomic mass is 35.5. The summed E-state index contributed by atoms with van der Waals surface area (Å²) in [4.78, 5) is 40.4. The number of amides is 2. The number of carbonyl (C=O) groups excluding carboxylic acids is 3. The van der Waals surface area contributed by atoms with Gasteiger partial charge in [-0.15, -0.1) is 0 Å². The minimum Gasteiger partial charge on any atom is -0.463 e. The number of esters is 2. The van der Waals surface area contributed by atoms with Gasteiger partial charge in [0.2, 0.25) is 0 Å². The fourth-order valence-corrected chi connectivity index (χ4v) is 3.21. The SMILES string of the molecule is CCOC(=O)C1=C(C)NC(=O)NC1c1ccc(OC(=O)/C=C/c2ccncc2)c(Cl)c1. The lowest BCUT2D eigenvalue weighted by Gasteiger charge is -2.28.